The number of hydrogen-bond donors (Lipinski definition) is 1. The summed E-state index contributed by atoms with van der Waals surface area (Å²) in [7, 11) is 1.93. The van der Waals surface area contributed by atoms with E-state index < -0.39 is 0 Å². The minimum absolute atomic E-state index is 0.0914. The normalized spacial score (nSPS) is 11.1. The molecule has 5 nitrogen and oxygen atoms in total. The third-order valence-corrected chi connectivity index (χ3v) is 3.91. The van der Waals surface area contributed by atoms with Crippen LogP contribution in [0, 0.1) is 0 Å². The molecular weight excluding hydrogens is 272 g/mol. The van der Waals surface area contributed by atoms with Gasteiger partial charge in [-0.3, -0.25) is 4.79 Å². The van der Waals surface area contributed by atoms with Crippen LogP contribution in [-0.4, -0.2) is 20.3 Å². The molecule has 0 radical (unpaired) electrons. The Hall–Kier alpha value is -2.21. The summed E-state index contributed by atoms with van der Waals surface area (Å²) in [6, 6.07) is 7.86. The summed E-state index contributed by atoms with van der Waals surface area (Å²) in [6.45, 7) is 0. The zero-order chi connectivity index (χ0) is 14.1. The molecule has 0 bridgehead atoms. The highest BCUT2D eigenvalue weighted by molar-refractivity contribution is 7.13. The number of nitrogens with two attached hydrogens (primary N) is 1. The van der Waals surface area contributed by atoms with Crippen LogP contribution in [0.15, 0.2) is 29.6 Å². The zero-order valence-electron chi connectivity index (χ0n) is 11.0. The molecule has 2 N–H and O–H groups in total. The minimum atomic E-state index is 0.0914. The Labute approximate surface area is 120 Å². The van der Waals surface area contributed by atoms with Gasteiger partial charge in [0.25, 0.3) is 0 Å². The van der Waals surface area contributed by atoms with Crippen LogP contribution in [0.3, 0.4) is 0 Å². The summed E-state index contributed by atoms with van der Waals surface area (Å²) in [5, 5.41) is 2.32. The number of Topliss-reactive ketones (excluding diaryl/α,β-unsaturated/α-hetero) is 1. The van der Waals surface area contributed by atoms with E-state index in [4.69, 9.17) is 5.73 Å². The quantitative estimate of drug-likeness (QED) is 0.795. The maximum absolute atomic E-state index is 12.1. The van der Waals surface area contributed by atoms with Crippen LogP contribution in [0.2, 0.25) is 0 Å². The summed E-state index contributed by atoms with van der Waals surface area (Å²) in [4.78, 5) is 20.7. The fraction of sp³-hybridized carbons (Fsp3) is 0.214. The number of aromatic nitrogens is 3. The molecule has 0 unspecified atom stereocenters. The molecule has 0 aliphatic heterocycles. The lowest BCUT2D eigenvalue weighted by Crippen LogP contribution is -2.10. The number of nitrogens with zero attached hydrogens (tertiary/aromatic N) is 3. The molecule has 6 heteroatoms. The SMILES string of the molecule is Cn1c(CC(=O)Cc2csc(N)n2)nc2ccccc21. The molecule has 0 saturated carbocycles. The van der Waals surface area contributed by atoms with E-state index in [0.29, 0.717) is 18.0 Å². The second-order valence-electron chi connectivity index (χ2n) is 4.65. The molecule has 102 valence electrons. The predicted molar refractivity (Wildman–Crippen MR) is 79.7 cm³/mol. The number of aryl methyl sites for hydroxylation is 1. The predicted octanol–water partition coefficient (Wildman–Crippen LogP) is 1.97. The topological polar surface area (TPSA) is 73.8 Å². The molecule has 20 heavy (non-hydrogen) atoms. The van der Waals surface area contributed by atoms with E-state index in [9.17, 15) is 4.79 Å². The van der Waals surface area contributed by atoms with E-state index >= 15 is 0 Å². The molecule has 0 spiro atoms. The standard InChI is InChI=1S/C14H14N4OS/c1-18-12-5-3-2-4-11(12)17-13(18)7-10(19)6-9-8-20-14(15)16-9/h2-5,8H,6-7H2,1H3,(H2,15,16). The fourth-order valence-electron chi connectivity index (χ4n) is 2.20. The van der Waals surface area contributed by atoms with Crippen molar-refractivity contribution in [3.05, 3.63) is 41.2 Å². The Bertz CT molecular complexity index is 774. The number of anilines is 1. The first kappa shape index (κ1) is 12.8. The van der Waals surface area contributed by atoms with Crippen molar-refractivity contribution in [3.8, 4) is 0 Å². The summed E-state index contributed by atoms with van der Waals surface area (Å²) < 4.78 is 1.96. The van der Waals surface area contributed by atoms with Crippen LogP contribution in [0.4, 0.5) is 5.13 Å². The Morgan fingerprint density at radius 3 is 2.80 bits per heavy atom. The van der Waals surface area contributed by atoms with Crippen molar-refractivity contribution in [2.45, 2.75) is 12.8 Å². The van der Waals surface area contributed by atoms with Gasteiger partial charge in [0.15, 0.2) is 5.13 Å². The summed E-state index contributed by atoms with van der Waals surface area (Å²) in [5.74, 6) is 0.869. The lowest BCUT2D eigenvalue weighted by Gasteiger charge is -2.01. The molecule has 0 aliphatic carbocycles. The first-order valence-electron chi connectivity index (χ1n) is 6.25. The molecule has 0 aliphatic rings. The second-order valence-corrected chi connectivity index (χ2v) is 5.53. The third kappa shape index (κ3) is 2.42. The van der Waals surface area contributed by atoms with Crippen LogP contribution in [0.25, 0.3) is 11.0 Å². The third-order valence-electron chi connectivity index (χ3n) is 3.18. The molecule has 0 saturated heterocycles. The molecule has 0 fully saturated rings. The number of para-hydroxylation sites is 2. The molecule has 1 aromatic carbocycles. The van der Waals surface area contributed by atoms with Crippen molar-refractivity contribution in [1.29, 1.82) is 0 Å². The van der Waals surface area contributed by atoms with Gasteiger partial charge in [0.1, 0.15) is 11.6 Å². The summed E-state index contributed by atoms with van der Waals surface area (Å²) in [5.41, 5.74) is 8.24. The fourth-order valence-corrected chi connectivity index (χ4v) is 2.76. The average molecular weight is 286 g/mol. The first-order chi connectivity index (χ1) is 9.63. The largest absolute Gasteiger partial charge is 0.375 e. The number of fused-ring (bicyclic) bond motifs is 1. The van der Waals surface area contributed by atoms with Crippen molar-refractivity contribution in [3.63, 3.8) is 0 Å². The van der Waals surface area contributed by atoms with Gasteiger partial charge in [-0.1, -0.05) is 12.1 Å². The number of carbonyl (C=O) groups excluding carboxylic acids is 1. The number of benzene rings is 1. The van der Waals surface area contributed by atoms with Gasteiger partial charge in [-0.2, -0.15) is 0 Å². The van der Waals surface area contributed by atoms with E-state index in [1.807, 2.05) is 41.3 Å². The molecule has 0 atom stereocenters. The maximum Gasteiger partial charge on any atom is 0.180 e. The minimum Gasteiger partial charge on any atom is -0.375 e. The number of thiazole rings is 1. The second kappa shape index (κ2) is 5.05. The van der Waals surface area contributed by atoms with Gasteiger partial charge in [0.2, 0.25) is 0 Å². The van der Waals surface area contributed by atoms with Gasteiger partial charge in [-0.25, -0.2) is 9.97 Å². The number of hydrogen-bond acceptors (Lipinski definition) is 5. The lowest BCUT2D eigenvalue weighted by atomic mass is 10.2. The molecule has 3 rings (SSSR count). The molecule has 2 aromatic heterocycles. The van der Waals surface area contributed by atoms with E-state index in [2.05, 4.69) is 9.97 Å². The van der Waals surface area contributed by atoms with Gasteiger partial charge in [-0.15, -0.1) is 11.3 Å². The number of rotatable bonds is 4. The monoisotopic (exact) mass is 286 g/mol. The van der Waals surface area contributed by atoms with Crippen LogP contribution in [-0.2, 0) is 24.7 Å². The van der Waals surface area contributed by atoms with Gasteiger partial charge < -0.3 is 10.3 Å². The number of nitrogen functional groups attached to an aromatic ring is 1. The zero-order valence-corrected chi connectivity index (χ0v) is 11.9. The lowest BCUT2D eigenvalue weighted by molar-refractivity contribution is -0.118. The number of carbonyl (C=O) groups is 1. The van der Waals surface area contributed by atoms with Crippen LogP contribution in [0.5, 0.6) is 0 Å². The summed E-state index contributed by atoms with van der Waals surface area (Å²) >= 11 is 1.35. The highest BCUT2D eigenvalue weighted by Crippen LogP contribution is 2.16. The Balaban J connectivity index is 1.79. The maximum atomic E-state index is 12.1. The van der Waals surface area contributed by atoms with Crippen molar-refractivity contribution in [2.24, 2.45) is 7.05 Å². The first-order valence-corrected chi connectivity index (χ1v) is 7.13. The Morgan fingerprint density at radius 2 is 2.10 bits per heavy atom. The van der Waals surface area contributed by atoms with Crippen LogP contribution >= 0.6 is 11.3 Å². The molecular formula is C14H14N4OS. The highest BCUT2D eigenvalue weighted by atomic mass is 32.1. The smallest absolute Gasteiger partial charge is 0.180 e. The van der Waals surface area contributed by atoms with Crippen LogP contribution < -0.4 is 5.73 Å². The molecule has 0 amide bonds. The van der Waals surface area contributed by atoms with Crippen molar-refractivity contribution in [1.82, 2.24) is 14.5 Å². The van der Waals surface area contributed by atoms with Gasteiger partial charge >= 0.3 is 0 Å². The van der Waals surface area contributed by atoms with Crippen molar-refractivity contribution in [2.75, 3.05) is 5.73 Å². The van der Waals surface area contributed by atoms with E-state index in [-0.39, 0.29) is 5.78 Å². The highest BCUT2D eigenvalue weighted by Gasteiger charge is 2.13. The van der Waals surface area contributed by atoms with E-state index in [0.717, 1.165) is 22.6 Å². The number of ketones is 1. The Kier molecular flexibility index (Phi) is 3.23. The van der Waals surface area contributed by atoms with Crippen LogP contribution in [0.1, 0.15) is 11.5 Å². The average Bonchev–Trinajstić information content (AvgIpc) is 2.95. The Morgan fingerprint density at radius 1 is 1.30 bits per heavy atom. The number of imidazole rings is 1. The van der Waals surface area contributed by atoms with Crippen molar-refractivity contribution < 1.29 is 4.79 Å². The van der Waals surface area contributed by atoms with E-state index in [1.54, 1.807) is 0 Å². The van der Waals surface area contributed by atoms with Gasteiger partial charge in [0.05, 0.1) is 29.6 Å². The molecule has 3 aromatic rings. The summed E-state index contributed by atoms with van der Waals surface area (Å²) in [6.07, 6.45) is 0.611. The molecule has 2 heterocycles. The van der Waals surface area contributed by atoms with Gasteiger partial charge in [-0.05, 0) is 12.1 Å². The van der Waals surface area contributed by atoms with Crippen molar-refractivity contribution >= 4 is 33.3 Å². The van der Waals surface area contributed by atoms with Gasteiger partial charge in [0, 0.05) is 12.4 Å². The van der Waals surface area contributed by atoms with E-state index in [1.165, 1.54) is 11.3 Å².